The molecule has 3 aromatic carbocycles. The summed E-state index contributed by atoms with van der Waals surface area (Å²) in [6.45, 7) is 0. The second-order valence-electron chi connectivity index (χ2n) is 6.57. The lowest BCUT2D eigenvalue weighted by Crippen LogP contribution is -2.15. The van der Waals surface area contributed by atoms with Gasteiger partial charge in [-0.25, -0.2) is 4.98 Å². The Kier molecular flexibility index (Phi) is 3.95. The second kappa shape index (κ2) is 6.76. The lowest BCUT2D eigenvalue weighted by molar-refractivity contribution is 0.0997. The molecule has 2 N–H and O–H groups in total. The lowest BCUT2D eigenvalue weighted by Gasteiger charge is -2.09. The van der Waals surface area contributed by atoms with Crippen molar-refractivity contribution in [3.8, 4) is 11.4 Å². The fourth-order valence-electron chi connectivity index (χ4n) is 3.28. The van der Waals surface area contributed by atoms with Gasteiger partial charge < -0.3 is 14.7 Å². The summed E-state index contributed by atoms with van der Waals surface area (Å²) < 4.78 is 5.63. The molecule has 0 aliphatic rings. The first-order chi connectivity index (χ1) is 14.2. The predicted octanol–water partition coefficient (Wildman–Crippen LogP) is 4.59. The number of fused-ring (bicyclic) bond motifs is 2. The predicted molar refractivity (Wildman–Crippen MR) is 112 cm³/mol. The number of amides is 1. The number of para-hydroxylation sites is 4. The van der Waals surface area contributed by atoms with Crippen LogP contribution in [0.3, 0.4) is 0 Å². The third-order valence-corrected chi connectivity index (χ3v) is 4.68. The average Bonchev–Trinajstić information content (AvgIpc) is 3.18. The van der Waals surface area contributed by atoms with Crippen molar-refractivity contribution < 1.29 is 9.21 Å². The van der Waals surface area contributed by atoms with Crippen LogP contribution in [0.25, 0.3) is 33.4 Å². The van der Waals surface area contributed by atoms with Crippen molar-refractivity contribution in [3.05, 3.63) is 94.8 Å². The minimum atomic E-state index is -0.503. The number of aromatic nitrogens is 2. The Hall–Kier alpha value is -4.19. The number of nitrogens with one attached hydrogen (secondary N) is 2. The fraction of sp³-hybridized carbons (Fsp3) is 0. The maximum absolute atomic E-state index is 12.8. The third-order valence-electron chi connectivity index (χ3n) is 4.68. The van der Waals surface area contributed by atoms with Gasteiger partial charge in [0.05, 0.1) is 22.1 Å². The number of carbonyl (C=O) groups is 1. The molecule has 1 amide bonds. The quantitative estimate of drug-likeness (QED) is 0.478. The summed E-state index contributed by atoms with van der Waals surface area (Å²) in [6.07, 6.45) is 0. The molecule has 0 saturated heterocycles. The molecule has 29 heavy (non-hydrogen) atoms. The summed E-state index contributed by atoms with van der Waals surface area (Å²) in [4.78, 5) is 32.9. The maximum atomic E-state index is 12.8. The molecule has 6 nitrogen and oxygen atoms in total. The molecule has 5 aromatic rings. The van der Waals surface area contributed by atoms with E-state index in [0.717, 1.165) is 16.6 Å². The smallest absolute Gasteiger partial charge is 0.291 e. The summed E-state index contributed by atoms with van der Waals surface area (Å²) in [6, 6.07) is 23.1. The highest BCUT2D eigenvalue weighted by molar-refractivity contribution is 6.05. The third kappa shape index (κ3) is 3.06. The van der Waals surface area contributed by atoms with E-state index in [4.69, 9.17) is 4.42 Å². The van der Waals surface area contributed by atoms with Gasteiger partial charge in [0.1, 0.15) is 11.4 Å². The van der Waals surface area contributed by atoms with E-state index in [1.807, 2.05) is 42.5 Å². The van der Waals surface area contributed by atoms with E-state index in [-0.39, 0.29) is 11.2 Å². The highest BCUT2D eigenvalue weighted by Crippen LogP contribution is 2.28. The molecule has 0 radical (unpaired) electrons. The molecule has 0 saturated carbocycles. The van der Waals surface area contributed by atoms with Crippen LogP contribution in [0.2, 0.25) is 0 Å². The average molecular weight is 381 g/mol. The summed E-state index contributed by atoms with van der Waals surface area (Å²) in [5, 5.41) is 3.27. The van der Waals surface area contributed by atoms with Crippen molar-refractivity contribution in [3.63, 3.8) is 0 Å². The Balaban J connectivity index is 1.53. The van der Waals surface area contributed by atoms with Gasteiger partial charge in [-0.2, -0.15) is 0 Å². The van der Waals surface area contributed by atoms with Crippen LogP contribution in [0.1, 0.15) is 10.6 Å². The number of rotatable bonds is 3. The molecule has 6 heteroatoms. The molecule has 0 fully saturated rings. The van der Waals surface area contributed by atoms with E-state index < -0.39 is 5.91 Å². The number of anilines is 1. The van der Waals surface area contributed by atoms with E-state index in [2.05, 4.69) is 15.3 Å². The summed E-state index contributed by atoms with van der Waals surface area (Å²) in [7, 11) is 0. The number of aromatic amines is 1. The van der Waals surface area contributed by atoms with Gasteiger partial charge in [0.15, 0.2) is 11.2 Å². The van der Waals surface area contributed by atoms with E-state index >= 15 is 0 Å². The zero-order valence-electron chi connectivity index (χ0n) is 15.2. The van der Waals surface area contributed by atoms with Gasteiger partial charge in [0.2, 0.25) is 0 Å². The maximum Gasteiger partial charge on any atom is 0.291 e. The van der Waals surface area contributed by atoms with Gasteiger partial charge in [-0.15, -0.1) is 0 Å². The molecule has 140 valence electrons. The first-order valence-electron chi connectivity index (χ1n) is 9.07. The van der Waals surface area contributed by atoms with Crippen molar-refractivity contribution in [2.24, 2.45) is 0 Å². The van der Waals surface area contributed by atoms with E-state index in [9.17, 15) is 9.59 Å². The molecule has 0 aliphatic heterocycles. The van der Waals surface area contributed by atoms with E-state index in [0.29, 0.717) is 22.5 Å². The Morgan fingerprint density at radius 3 is 2.59 bits per heavy atom. The number of H-pyrrole nitrogens is 1. The Morgan fingerprint density at radius 1 is 0.931 bits per heavy atom. The van der Waals surface area contributed by atoms with Crippen LogP contribution in [-0.4, -0.2) is 15.9 Å². The van der Waals surface area contributed by atoms with Crippen molar-refractivity contribution in [1.82, 2.24) is 9.97 Å². The summed E-state index contributed by atoms with van der Waals surface area (Å²) >= 11 is 0. The van der Waals surface area contributed by atoms with Crippen LogP contribution >= 0.6 is 0 Å². The molecular formula is C23H15N3O3. The Labute approximate surface area is 164 Å². The van der Waals surface area contributed by atoms with Crippen LogP contribution in [0.15, 0.2) is 88.1 Å². The zero-order chi connectivity index (χ0) is 19.8. The molecule has 2 heterocycles. The molecule has 5 rings (SSSR count). The standard InChI is InChI=1S/C23H15N3O3/c27-19-13-21(29-20-12-6-2-8-15(19)20)23(28)26-16-9-3-1-7-14(16)22-24-17-10-4-5-11-18(17)25-22/h1-13H,(H,24,25)(H,26,28). The van der Waals surface area contributed by atoms with Crippen LogP contribution in [0.5, 0.6) is 0 Å². The van der Waals surface area contributed by atoms with Crippen molar-refractivity contribution in [2.75, 3.05) is 5.32 Å². The highest BCUT2D eigenvalue weighted by Gasteiger charge is 2.16. The minimum Gasteiger partial charge on any atom is -0.451 e. The molecule has 2 aromatic heterocycles. The molecule has 0 bridgehead atoms. The Bertz CT molecular complexity index is 1400. The first kappa shape index (κ1) is 16.9. The number of nitrogens with zero attached hydrogens (tertiary/aromatic N) is 1. The van der Waals surface area contributed by atoms with Gasteiger partial charge in [-0.1, -0.05) is 36.4 Å². The number of hydrogen-bond donors (Lipinski definition) is 2. The fourth-order valence-corrected chi connectivity index (χ4v) is 3.28. The molecular weight excluding hydrogens is 366 g/mol. The van der Waals surface area contributed by atoms with Crippen LogP contribution in [-0.2, 0) is 0 Å². The normalized spacial score (nSPS) is 11.0. The van der Waals surface area contributed by atoms with Crippen molar-refractivity contribution in [1.29, 1.82) is 0 Å². The van der Waals surface area contributed by atoms with Gasteiger partial charge >= 0.3 is 0 Å². The van der Waals surface area contributed by atoms with Crippen molar-refractivity contribution in [2.45, 2.75) is 0 Å². The van der Waals surface area contributed by atoms with Gasteiger partial charge in [0, 0.05) is 11.6 Å². The first-order valence-corrected chi connectivity index (χ1v) is 9.07. The molecule has 0 unspecified atom stereocenters. The SMILES string of the molecule is O=C(Nc1ccccc1-c1nc2ccccc2[nH]1)c1cc(=O)c2ccccc2o1. The number of benzene rings is 3. The van der Waals surface area contributed by atoms with Crippen LogP contribution < -0.4 is 10.7 Å². The second-order valence-corrected chi connectivity index (χ2v) is 6.57. The monoisotopic (exact) mass is 381 g/mol. The zero-order valence-corrected chi connectivity index (χ0v) is 15.2. The van der Waals surface area contributed by atoms with Gasteiger partial charge in [-0.05, 0) is 36.4 Å². The highest BCUT2D eigenvalue weighted by atomic mass is 16.3. The van der Waals surface area contributed by atoms with Gasteiger partial charge in [0.25, 0.3) is 5.91 Å². The number of imidazole rings is 1. The topological polar surface area (TPSA) is 88.0 Å². The molecule has 0 aliphatic carbocycles. The minimum absolute atomic E-state index is 0.0480. The summed E-state index contributed by atoms with van der Waals surface area (Å²) in [5.74, 6) is 0.0894. The van der Waals surface area contributed by atoms with E-state index in [1.54, 1.807) is 30.3 Å². The van der Waals surface area contributed by atoms with Crippen LogP contribution in [0, 0.1) is 0 Å². The molecule has 0 spiro atoms. The molecule has 0 atom stereocenters. The number of carbonyl (C=O) groups excluding carboxylic acids is 1. The van der Waals surface area contributed by atoms with E-state index in [1.165, 1.54) is 6.07 Å². The lowest BCUT2D eigenvalue weighted by atomic mass is 10.1. The van der Waals surface area contributed by atoms with Crippen molar-refractivity contribution >= 4 is 33.6 Å². The Morgan fingerprint density at radius 2 is 1.69 bits per heavy atom. The van der Waals surface area contributed by atoms with Gasteiger partial charge in [-0.3, -0.25) is 9.59 Å². The largest absolute Gasteiger partial charge is 0.451 e. The van der Waals surface area contributed by atoms with Crippen LogP contribution in [0.4, 0.5) is 5.69 Å². The number of hydrogen-bond acceptors (Lipinski definition) is 4. The summed E-state index contributed by atoms with van der Waals surface area (Å²) in [5.41, 5.74) is 3.15.